The van der Waals surface area contributed by atoms with Crippen molar-refractivity contribution in [3.8, 4) is 0 Å². The van der Waals surface area contributed by atoms with Crippen molar-refractivity contribution in [3.05, 3.63) is 35.6 Å². The van der Waals surface area contributed by atoms with E-state index in [9.17, 15) is 4.39 Å². The van der Waals surface area contributed by atoms with Crippen LogP contribution in [0.4, 0.5) is 4.39 Å². The zero-order valence-corrected chi connectivity index (χ0v) is 7.88. The molecule has 3 heteroatoms. The number of hydroxylamine groups is 1. The minimum atomic E-state index is -0.214. The molecule has 0 radical (unpaired) electrons. The van der Waals surface area contributed by atoms with Gasteiger partial charge in [0.25, 0.3) is 0 Å². The Morgan fingerprint density at radius 1 is 1.54 bits per heavy atom. The molecule has 1 rings (SSSR count). The van der Waals surface area contributed by atoms with Gasteiger partial charge in [-0.25, -0.2) is 4.39 Å². The summed E-state index contributed by atoms with van der Waals surface area (Å²) < 4.78 is 12.8. The molecule has 0 aliphatic carbocycles. The Morgan fingerprint density at radius 3 is 2.85 bits per heavy atom. The quantitative estimate of drug-likeness (QED) is 0.724. The molecule has 0 heterocycles. The van der Waals surface area contributed by atoms with E-state index >= 15 is 0 Å². The number of halogens is 1. The van der Waals surface area contributed by atoms with Gasteiger partial charge in [-0.1, -0.05) is 19.1 Å². The molecule has 0 saturated heterocycles. The Hall–Kier alpha value is -0.930. The zero-order valence-electron chi connectivity index (χ0n) is 7.88. The Kier molecular flexibility index (Phi) is 3.86. The van der Waals surface area contributed by atoms with E-state index < -0.39 is 0 Å². The van der Waals surface area contributed by atoms with E-state index in [1.807, 2.05) is 13.0 Å². The number of hydrogen-bond donors (Lipinski definition) is 1. The first-order valence-corrected chi connectivity index (χ1v) is 4.32. The van der Waals surface area contributed by atoms with Crippen molar-refractivity contribution in [1.82, 2.24) is 5.48 Å². The summed E-state index contributed by atoms with van der Waals surface area (Å²) in [6.45, 7) is 2.02. The first-order valence-electron chi connectivity index (χ1n) is 4.32. The van der Waals surface area contributed by atoms with Gasteiger partial charge in [-0.3, -0.25) is 0 Å². The number of rotatable bonds is 4. The fraction of sp³-hybridized carbons (Fsp3) is 0.400. The topological polar surface area (TPSA) is 21.3 Å². The van der Waals surface area contributed by atoms with Gasteiger partial charge in [-0.2, -0.15) is 5.48 Å². The third kappa shape index (κ3) is 2.79. The van der Waals surface area contributed by atoms with Gasteiger partial charge in [0.1, 0.15) is 5.82 Å². The highest BCUT2D eigenvalue weighted by atomic mass is 19.1. The molecular formula is C10H14FNO. The molecule has 1 unspecified atom stereocenters. The molecule has 1 N–H and O–H groups in total. The molecule has 2 nitrogen and oxygen atoms in total. The molecular weight excluding hydrogens is 169 g/mol. The van der Waals surface area contributed by atoms with Crippen molar-refractivity contribution in [1.29, 1.82) is 0 Å². The Bertz CT molecular complexity index is 265. The maximum absolute atomic E-state index is 12.8. The van der Waals surface area contributed by atoms with Gasteiger partial charge in [0.15, 0.2) is 0 Å². The predicted molar refractivity (Wildman–Crippen MR) is 49.6 cm³/mol. The lowest BCUT2D eigenvalue weighted by atomic mass is 10.1. The molecule has 13 heavy (non-hydrogen) atoms. The number of benzene rings is 1. The van der Waals surface area contributed by atoms with Crippen molar-refractivity contribution < 1.29 is 9.23 Å². The average molecular weight is 183 g/mol. The predicted octanol–water partition coefficient (Wildman–Crippen LogP) is 2.43. The summed E-state index contributed by atoms with van der Waals surface area (Å²) in [6, 6.07) is 6.58. The van der Waals surface area contributed by atoms with Crippen molar-refractivity contribution in [2.75, 3.05) is 7.11 Å². The maximum atomic E-state index is 12.8. The summed E-state index contributed by atoms with van der Waals surface area (Å²) >= 11 is 0. The lowest BCUT2D eigenvalue weighted by Gasteiger charge is -2.15. The molecule has 0 aliphatic rings. The van der Waals surface area contributed by atoms with E-state index in [2.05, 4.69) is 5.48 Å². The summed E-state index contributed by atoms with van der Waals surface area (Å²) in [5.41, 5.74) is 3.72. The summed E-state index contributed by atoms with van der Waals surface area (Å²) in [7, 11) is 1.56. The van der Waals surface area contributed by atoms with Crippen LogP contribution < -0.4 is 5.48 Å². The van der Waals surface area contributed by atoms with E-state index in [0.717, 1.165) is 12.0 Å². The van der Waals surface area contributed by atoms with Gasteiger partial charge in [0, 0.05) is 0 Å². The van der Waals surface area contributed by atoms with Gasteiger partial charge >= 0.3 is 0 Å². The molecule has 0 spiro atoms. The second kappa shape index (κ2) is 4.94. The second-order valence-electron chi connectivity index (χ2n) is 2.84. The van der Waals surface area contributed by atoms with Crippen molar-refractivity contribution in [2.24, 2.45) is 0 Å². The van der Waals surface area contributed by atoms with Gasteiger partial charge in [-0.15, -0.1) is 0 Å². The highest BCUT2D eigenvalue weighted by molar-refractivity contribution is 5.19. The van der Waals surface area contributed by atoms with Crippen LogP contribution >= 0.6 is 0 Å². The summed E-state index contributed by atoms with van der Waals surface area (Å²) in [5, 5.41) is 0. The van der Waals surface area contributed by atoms with Crippen molar-refractivity contribution in [2.45, 2.75) is 19.4 Å². The highest BCUT2D eigenvalue weighted by Gasteiger charge is 2.08. The number of nitrogens with one attached hydrogen (secondary N) is 1. The van der Waals surface area contributed by atoms with Crippen molar-refractivity contribution in [3.63, 3.8) is 0 Å². The monoisotopic (exact) mass is 183 g/mol. The Morgan fingerprint density at radius 2 is 2.31 bits per heavy atom. The summed E-state index contributed by atoms with van der Waals surface area (Å²) in [6.07, 6.45) is 0.858. The van der Waals surface area contributed by atoms with Gasteiger partial charge in [-0.05, 0) is 24.1 Å². The van der Waals surface area contributed by atoms with Crippen LogP contribution in [0.5, 0.6) is 0 Å². The first kappa shape index (κ1) is 10.2. The molecule has 0 aliphatic heterocycles. The Balaban J connectivity index is 2.78. The first-order chi connectivity index (χ1) is 6.27. The van der Waals surface area contributed by atoms with Gasteiger partial charge in [0.05, 0.1) is 13.2 Å². The van der Waals surface area contributed by atoms with Crippen LogP contribution in [0, 0.1) is 5.82 Å². The van der Waals surface area contributed by atoms with Crippen LogP contribution in [0.15, 0.2) is 24.3 Å². The minimum Gasteiger partial charge on any atom is -0.305 e. The lowest BCUT2D eigenvalue weighted by Crippen LogP contribution is -2.19. The van der Waals surface area contributed by atoms with E-state index in [4.69, 9.17) is 4.84 Å². The van der Waals surface area contributed by atoms with Crippen LogP contribution in [0.3, 0.4) is 0 Å². The summed E-state index contributed by atoms with van der Waals surface area (Å²) in [5.74, 6) is -0.214. The van der Waals surface area contributed by atoms with Gasteiger partial charge < -0.3 is 4.84 Å². The fourth-order valence-corrected chi connectivity index (χ4v) is 1.25. The summed E-state index contributed by atoms with van der Waals surface area (Å²) in [4.78, 5) is 4.82. The zero-order chi connectivity index (χ0) is 9.68. The van der Waals surface area contributed by atoms with E-state index in [-0.39, 0.29) is 11.9 Å². The fourth-order valence-electron chi connectivity index (χ4n) is 1.25. The molecule has 1 aromatic carbocycles. The number of hydrogen-bond acceptors (Lipinski definition) is 2. The molecule has 72 valence electrons. The smallest absolute Gasteiger partial charge is 0.123 e. The van der Waals surface area contributed by atoms with Gasteiger partial charge in [0.2, 0.25) is 0 Å². The maximum Gasteiger partial charge on any atom is 0.123 e. The average Bonchev–Trinajstić information content (AvgIpc) is 2.14. The van der Waals surface area contributed by atoms with Crippen LogP contribution in [0.2, 0.25) is 0 Å². The molecule has 1 aromatic rings. The Labute approximate surface area is 77.7 Å². The lowest BCUT2D eigenvalue weighted by molar-refractivity contribution is 0.0592. The molecule has 0 aromatic heterocycles. The standard InChI is InChI=1S/C10H14FNO/c1-3-10(12-13-2)8-5-4-6-9(11)7-8/h4-7,10,12H,3H2,1-2H3. The van der Waals surface area contributed by atoms with Crippen LogP contribution in [0.1, 0.15) is 24.9 Å². The minimum absolute atomic E-state index is 0.0562. The normalized spacial score (nSPS) is 12.8. The molecule has 0 amide bonds. The SMILES string of the molecule is CCC(NOC)c1cccc(F)c1. The highest BCUT2D eigenvalue weighted by Crippen LogP contribution is 2.16. The molecule has 0 fully saturated rings. The second-order valence-corrected chi connectivity index (χ2v) is 2.84. The van der Waals surface area contributed by atoms with Crippen LogP contribution in [-0.2, 0) is 4.84 Å². The molecule has 0 saturated carbocycles. The van der Waals surface area contributed by atoms with E-state index in [0.29, 0.717) is 0 Å². The third-order valence-corrected chi connectivity index (χ3v) is 1.92. The largest absolute Gasteiger partial charge is 0.305 e. The van der Waals surface area contributed by atoms with E-state index in [1.165, 1.54) is 12.1 Å². The van der Waals surface area contributed by atoms with Crippen LogP contribution in [0.25, 0.3) is 0 Å². The molecule has 0 bridgehead atoms. The van der Waals surface area contributed by atoms with Crippen molar-refractivity contribution >= 4 is 0 Å². The van der Waals surface area contributed by atoms with E-state index in [1.54, 1.807) is 13.2 Å². The molecule has 1 atom stereocenters. The third-order valence-electron chi connectivity index (χ3n) is 1.92. The van der Waals surface area contributed by atoms with Crippen LogP contribution in [-0.4, -0.2) is 7.11 Å².